The van der Waals surface area contributed by atoms with Crippen LogP contribution in [0.15, 0.2) is 42.9 Å². The highest BCUT2D eigenvalue weighted by Crippen LogP contribution is 2.28. The second-order valence-corrected chi connectivity index (χ2v) is 7.56. The minimum atomic E-state index is -0.314. The van der Waals surface area contributed by atoms with Crippen LogP contribution in [0.2, 0.25) is 0 Å². The zero-order valence-electron chi connectivity index (χ0n) is 16.4. The summed E-state index contributed by atoms with van der Waals surface area (Å²) in [5.74, 6) is 0.480. The number of aromatic nitrogens is 3. The van der Waals surface area contributed by atoms with Crippen molar-refractivity contribution < 1.29 is 9.18 Å². The minimum Gasteiger partial charge on any atom is -0.369 e. The van der Waals surface area contributed by atoms with Crippen molar-refractivity contribution in [2.24, 2.45) is 0 Å². The van der Waals surface area contributed by atoms with Gasteiger partial charge in [0.25, 0.3) is 0 Å². The third kappa shape index (κ3) is 4.72. The van der Waals surface area contributed by atoms with Gasteiger partial charge in [0.15, 0.2) is 5.65 Å². The first-order valence-electron chi connectivity index (χ1n) is 10.3. The molecule has 4 rings (SSSR count). The Kier molecular flexibility index (Phi) is 6.03. The standard InChI is InChI=1S/C22H26FN5O/c23-17-7-5-6-16(14-17)21-22(28-13-12-24-15-19(28)27-21)25-11-10-20(29)26-18-8-3-1-2-4-9-18/h5-7,12-15,18,25H,1-4,8-11H2,(H,26,29). The van der Waals surface area contributed by atoms with Gasteiger partial charge in [0, 0.05) is 37.0 Å². The van der Waals surface area contributed by atoms with Crippen LogP contribution in [0.5, 0.6) is 0 Å². The van der Waals surface area contributed by atoms with E-state index in [1.165, 1.54) is 37.8 Å². The number of fused-ring (bicyclic) bond motifs is 1. The van der Waals surface area contributed by atoms with E-state index in [2.05, 4.69) is 20.6 Å². The lowest BCUT2D eigenvalue weighted by atomic mass is 10.1. The number of hydrogen-bond acceptors (Lipinski definition) is 4. The summed E-state index contributed by atoms with van der Waals surface area (Å²) in [5.41, 5.74) is 1.98. The molecule has 2 heterocycles. The highest BCUT2D eigenvalue weighted by Gasteiger charge is 2.17. The Morgan fingerprint density at radius 1 is 1.21 bits per heavy atom. The van der Waals surface area contributed by atoms with Crippen molar-refractivity contribution in [1.29, 1.82) is 0 Å². The molecule has 1 fully saturated rings. The van der Waals surface area contributed by atoms with E-state index < -0.39 is 0 Å². The summed E-state index contributed by atoms with van der Waals surface area (Å²) in [4.78, 5) is 21.1. The van der Waals surface area contributed by atoms with Gasteiger partial charge in [0.2, 0.25) is 5.91 Å². The number of benzene rings is 1. The van der Waals surface area contributed by atoms with E-state index in [-0.39, 0.29) is 11.7 Å². The SMILES string of the molecule is O=C(CCNc1c(-c2cccc(F)c2)nc2cnccn12)NC1CCCCCC1. The van der Waals surface area contributed by atoms with Gasteiger partial charge in [-0.1, -0.05) is 37.8 Å². The molecule has 2 N–H and O–H groups in total. The fourth-order valence-corrected chi connectivity index (χ4v) is 3.93. The first kappa shape index (κ1) is 19.4. The van der Waals surface area contributed by atoms with Crippen molar-refractivity contribution in [2.45, 2.75) is 51.0 Å². The monoisotopic (exact) mass is 395 g/mol. The van der Waals surface area contributed by atoms with Gasteiger partial charge in [-0.2, -0.15) is 0 Å². The summed E-state index contributed by atoms with van der Waals surface area (Å²) in [6.07, 6.45) is 12.6. The van der Waals surface area contributed by atoms with Gasteiger partial charge in [-0.25, -0.2) is 9.37 Å². The molecule has 0 aliphatic heterocycles. The van der Waals surface area contributed by atoms with E-state index in [1.807, 2.05) is 10.5 Å². The Balaban J connectivity index is 1.46. The number of nitrogens with one attached hydrogen (secondary N) is 2. The van der Waals surface area contributed by atoms with E-state index in [0.717, 1.165) is 18.7 Å². The van der Waals surface area contributed by atoms with E-state index in [1.54, 1.807) is 24.7 Å². The van der Waals surface area contributed by atoms with Crippen LogP contribution >= 0.6 is 0 Å². The molecule has 1 aromatic carbocycles. The van der Waals surface area contributed by atoms with E-state index in [0.29, 0.717) is 35.9 Å². The van der Waals surface area contributed by atoms with Gasteiger partial charge < -0.3 is 10.6 Å². The Morgan fingerprint density at radius 2 is 2.03 bits per heavy atom. The molecule has 0 bridgehead atoms. The topological polar surface area (TPSA) is 71.3 Å². The van der Waals surface area contributed by atoms with Gasteiger partial charge >= 0.3 is 0 Å². The zero-order chi connectivity index (χ0) is 20.1. The normalized spacial score (nSPS) is 15.2. The molecule has 0 atom stereocenters. The molecule has 7 heteroatoms. The quantitative estimate of drug-likeness (QED) is 0.615. The van der Waals surface area contributed by atoms with Crippen LogP contribution in [-0.2, 0) is 4.79 Å². The van der Waals surface area contributed by atoms with E-state index in [9.17, 15) is 9.18 Å². The number of carbonyl (C=O) groups is 1. The average Bonchev–Trinajstić information content (AvgIpc) is 2.89. The number of anilines is 1. The van der Waals surface area contributed by atoms with Gasteiger partial charge in [0.1, 0.15) is 17.3 Å². The maximum absolute atomic E-state index is 13.7. The molecule has 1 aliphatic carbocycles. The van der Waals surface area contributed by atoms with Crippen molar-refractivity contribution in [3.63, 3.8) is 0 Å². The summed E-state index contributed by atoms with van der Waals surface area (Å²) in [6, 6.07) is 6.65. The van der Waals surface area contributed by atoms with Crippen LogP contribution < -0.4 is 10.6 Å². The van der Waals surface area contributed by atoms with Gasteiger partial charge in [0.05, 0.1) is 6.20 Å². The molecule has 1 aliphatic rings. The van der Waals surface area contributed by atoms with Crippen LogP contribution in [0, 0.1) is 5.82 Å². The molecule has 3 aromatic rings. The summed E-state index contributed by atoms with van der Waals surface area (Å²) in [7, 11) is 0. The summed E-state index contributed by atoms with van der Waals surface area (Å²) in [6.45, 7) is 0.469. The highest BCUT2D eigenvalue weighted by molar-refractivity contribution is 5.78. The molecule has 1 amide bonds. The molecule has 0 saturated heterocycles. The van der Waals surface area contributed by atoms with Gasteiger partial charge in [-0.05, 0) is 25.0 Å². The maximum Gasteiger partial charge on any atom is 0.221 e. The molecule has 0 unspecified atom stereocenters. The lowest BCUT2D eigenvalue weighted by Crippen LogP contribution is -2.35. The molecule has 29 heavy (non-hydrogen) atoms. The average molecular weight is 395 g/mol. The number of amides is 1. The predicted molar refractivity (Wildman–Crippen MR) is 111 cm³/mol. The molecule has 0 spiro atoms. The van der Waals surface area contributed by atoms with Crippen LogP contribution in [0.3, 0.4) is 0 Å². The van der Waals surface area contributed by atoms with Crippen LogP contribution in [0.1, 0.15) is 44.9 Å². The Morgan fingerprint density at radius 3 is 2.83 bits per heavy atom. The smallest absolute Gasteiger partial charge is 0.221 e. The second-order valence-electron chi connectivity index (χ2n) is 7.56. The predicted octanol–water partition coefficient (Wildman–Crippen LogP) is 4.18. The second kappa shape index (κ2) is 9.03. The molecular weight excluding hydrogens is 369 g/mol. The Labute approximate surface area is 169 Å². The number of nitrogens with zero attached hydrogens (tertiary/aromatic N) is 3. The van der Waals surface area contributed by atoms with Crippen molar-refractivity contribution >= 4 is 17.4 Å². The summed E-state index contributed by atoms with van der Waals surface area (Å²) < 4.78 is 15.6. The van der Waals surface area contributed by atoms with Crippen molar-refractivity contribution in [1.82, 2.24) is 19.7 Å². The maximum atomic E-state index is 13.7. The van der Waals surface area contributed by atoms with Gasteiger partial charge in [-0.15, -0.1) is 0 Å². The fourth-order valence-electron chi connectivity index (χ4n) is 3.93. The first-order chi connectivity index (χ1) is 14.2. The zero-order valence-corrected chi connectivity index (χ0v) is 16.4. The largest absolute Gasteiger partial charge is 0.369 e. The lowest BCUT2D eigenvalue weighted by Gasteiger charge is -2.16. The third-order valence-electron chi connectivity index (χ3n) is 5.39. The lowest BCUT2D eigenvalue weighted by molar-refractivity contribution is -0.121. The summed E-state index contributed by atoms with van der Waals surface area (Å²) >= 11 is 0. The van der Waals surface area contributed by atoms with E-state index >= 15 is 0 Å². The first-order valence-corrected chi connectivity index (χ1v) is 10.3. The Bertz CT molecular complexity index is 978. The Hall–Kier alpha value is -2.96. The van der Waals surface area contributed by atoms with Gasteiger partial charge in [-0.3, -0.25) is 14.2 Å². The molecule has 1 saturated carbocycles. The molecule has 2 aromatic heterocycles. The third-order valence-corrected chi connectivity index (χ3v) is 5.39. The fraction of sp³-hybridized carbons (Fsp3) is 0.409. The minimum absolute atomic E-state index is 0.0622. The molecule has 152 valence electrons. The van der Waals surface area contributed by atoms with Crippen LogP contribution in [0.4, 0.5) is 10.2 Å². The number of imidazole rings is 1. The van der Waals surface area contributed by atoms with Crippen molar-refractivity contribution in [3.05, 3.63) is 48.7 Å². The van der Waals surface area contributed by atoms with Crippen molar-refractivity contribution in [3.8, 4) is 11.3 Å². The molecule has 6 nitrogen and oxygen atoms in total. The number of carbonyl (C=O) groups excluding carboxylic acids is 1. The summed E-state index contributed by atoms with van der Waals surface area (Å²) in [5, 5.41) is 6.49. The van der Waals surface area contributed by atoms with E-state index in [4.69, 9.17) is 0 Å². The van der Waals surface area contributed by atoms with Crippen LogP contribution in [-0.4, -0.2) is 32.9 Å². The number of rotatable bonds is 6. The molecular formula is C22H26FN5O. The molecule has 0 radical (unpaired) electrons. The number of halogens is 1. The highest BCUT2D eigenvalue weighted by atomic mass is 19.1. The van der Waals surface area contributed by atoms with Crippen LogP contribution in [0.25, 0.3) is 16.9 Å². The van der Waals surface area contributed by atoms with Crippen molar-refractivity contribution in [2.75, 3.05) is 11.9 Å². The number of hydrogen-bond donors (Lipinski definition) is 2.